The average Bonchev–Trinajstić information content (AvgIpc) is 2.66. The zero-order chi connectivity index (χ0) is 18.8. The first-order valence-corrected chi connectivity index (χ1v) is 8.52. The number of nitrogens with one attached hydrogen (secondary N) is 1. The van der Waals surface area contributed by atoms with Crippen molar-refractivity contribution in [3.05, 3.63) is 48.2 Å². The molecule has 26 heavy (non-hydrogen) atoms. The molecule has 0 fully saturated rings. The van der Waals surface area contributed by atoms with Crippen LogP contribution in [0.25, 0.3) is 0 Å². The number of aromatic nitrogens is 1. The number of pyridine rings is 1. The molecule has 0 aliphatic heterocycles. The molecule has 0 radical (unpaired) electrons. The molecule has 2 rings (SSSR count). The minimum absolute atomic E-state index is 0.206. The number of ether oxygens (including phenoxy) is 2. The quantitative estimate of drug-likeness (QED) is 0.387. The molecule has 136 valence electrons. The summed E-state index contributed by atoms with van der Waals surface area (Å²) in [5.74, 6) is 0.193. The van der Waals surface area contributed by atoms with Crippen LogP contribution in [0, 0.1) is 0 Å². The fourth-order valence-electron chi connectivity index (χ4n) is 1.82. The van der Waals surface area contributed by atoms with Crippen LogP contribution in [0.5, 0.6) is 11.5 Å². The minimum Gasteiger partial charge on any atom is -0.493 e. The summed E-state index contributed by atoms with van der Waals surface area (Å²) < 4.78 is 10.4. The van der Waals surface area contributed by atoms with Crippen LogP contribution in [0.1, 0.15) is 5.56 Å². The number of nitrogens with zero attached hydrogens (tertiary/aromatic N) is 2. The van der Waals surface area contributed by atoms with Crippen LogP contribution in [0.3, 0.4) is 0 Å². The number of amides is 2. The van der Waals surface area contributed by atoms with Gasteiger partial charge >= 0.3 is 0 Å². The second kappa shape index (κ2) is 10.0. The molecular formula is C17H18N4O4S. The van der Waals surface area contributed by atoms with E-state index in [1.54, 1.807) is 24.4 Å². The lowest BCUT2D eigenvalue weighted by atomic mass is 10.2. The van der Waals surface area contributed by atoms with Crippen LogP contribution in [-0.2, 0) is 9.59 Å². The molecule has 0 saturated carbocycles. The molecule has 0 spiro atoms. The van der Waals surface area contributed by atoms with Gasteiger partial charge in [0.05, 0.1) is 24.1 Å². The van der Waals surface area contributed by atoms with E-state index in [1.165, 1.54) is 25.1 Å². The Labute approximate surface area is 154 Å². The van der Waals surface area contributed by atoms with Crippen LogP contribution in [0.15, 0.2) is 52.7 Å². The molecular weight excluding hydrogens is 356 g/mol. The van der Waals surface area contributed by atoms with Gasteiger partial charge in [0.2, 0.25) is 5.91 Å². The van der Waals surface area contributed by atoms with E-state index < -0.39 is 5.91 Å². The molecule has 0 saturated heterocycles. The fourth-order valence-corrected chi connectivity index (χ4v) is 2.47. The molecule has 1 aromatic carbocycles. The topological polar surface area (TPSA) is 116 Å². The Kier molecular flexibility index (Phi) is 7.44. The highest BCUT2D eigenvalue weighted by molar-refractivity contribution is 7.99. The summed E-state index contributed by atoms with van der Waals surface area (Å²) in [5, 5.41) is 4.67. The summed E-state index contributed by atoms with van der Waals surface area (Å²) in [6, 6.07) is 10.5. The van der Waals surface area contributed by atoms with E-state index in [4.69, 9.17) is 15.2 Å². The predicted molar refractivity (Wildman–Crippen MR) is 98.4 cm³/mol. The maximum atomic E-state index is 11.8. The van der Waals surface area contributed by atoms with Crippen LogP contribution >= 0.6 is 11.8 Å². The Morgan fingerprint density at radius 1 is 1.31 bits per heavy atom. The van der Waals surface area contributed by atoms with Gasteiger partial charge in [-0.05, 0) is 35.9 Å². The van der Waals surface area contributed by atoms with Crippen LogP contribution in [0.4, 0.5) is 0 Å². The van der Waals surface area contributed by atoms with Gasteiger partial charge in [-0.15, -0.1) is 0 Å². The summed E-state index contributed by atoms with van der Waals surface area (Å²) in [7, 11) is 1.48. The number of methoxy groups -OCH3 is 1. The Hall–Kier alpha value is -3.07. The van der Waals surface area contributed by atoms with Gasteiger partial charge in [-0.2, -0.15) is 5.10 Å². The zero-order valence-corrected chi connectivity index (χ0v) is 14.9. The highest BCUT2D eigenvalue weighted by atomic mass is 32.2. The molecule has 0 bridgehead atoms. The number of thioether (sulfide) groups is 1. The third kappa shape index (κ3) is 6.44. The molecule has 8 nitrogen and oxygen atoms in total. The Balaban J connectivity index is 1.86. The minimum atomic E-state index is -0.580. The van der Waals surface area contributed by atoms with Gasteiger partial charge in [-0.25, -0.2) is 10.4 Å². The largest absolute Gasteiger partial charge is 0.493 e. The number of carbonyl (C=O) groups is 2. The van der Waals surface area contributed by atoms with Crippen LogP contribution < -0.4 is 20.6 Å². The molecule has 1 aromatic heterocycles. The number of primary amides is 1. The first-order chi connectivity index (χ1) is 12.6. The molecule has 2 amide bonds. The van der Waals surface area contributed by atoms with E-state index in [1.807, 2.05) is 18.2 Å². The lowest BCUT2D eigenvalue weighted by Gasteiger charge is -2.09. The smallest absolute Gasteiger partial charge is 0.255 e. The summed E-state index contributed by atoms with van der Waals surface area (Å²) in [4.78, 5) is 26.7. The fraction of sp³-hybridized carbons (Fsp3) is 0.176. The lowest BCUT2D eigenvalue weighted by molar-refractivity contribution is -0.120. The van der Waals surface area contributed by atoms with Crippen molar-refractivity contribution in [2.24, 2.45) is 10.8 Å². The van der Waals surface area contributed by atoms with Crippen LogP contribution in [-0.4, -0.2) is 42.5 Å². The third-order valence-corrected chi connectivity index (χ3v) is 3.89. The normalized spacial score (nSPS) is 10.5. The summed E-state index contributed by atoms with van der Waals surface area (Å²) in [6.45, 7) is -0.242. The van der Waals surface area contributed by atoms with Gasteiger partial charge in [-0.3, -0.25) is 9.59 Å². The van der Waals surface area contributed by atoms with E-state index in [2.05, 4.69) is 15.5 Å². The Bertz CT molecular complexity index is 784. The highest BCUT2D eigenvalue weighted by Gasteiger charge is 2.07. The number of nitrogens with two attached hydrogens (primary N) is 1. The predicted octanol–water partition coefficient (Wildman–Crippen LogP) is 1.20. The Morgan fingerprint density at radius 3 is 2.85 bits per heavy atom. The van der Waals surface area contributed by atoms with Crippen molar-refractivity contribution in [3.8, 4) is 11.5 Å². The van der Waals surface area contributed by atoms with E-state index in [0.717, 1.165) is 5.03 Å². The van der Waals surface area contributed by atoms with Crippen molar-refractivity contribution < 1.29 is 19.1 Å². The van der Waals surface area contributed by atoms with Gasteiger partial charge in [-0.1, -0.05) is 17.8 Å². The zero-order valence-electron chi connectivity index (χ0n) is 14.0. The second-order valence-corrected chi connectivity index (χ2v) is 5.91. The first-order valence-electron chi connectivity index (χ1n) is 7.53. The van der Waals surface area contributed by atoms with Gasteiger partial charge < -0.3 is 15.2 Å². The average molecular weight is 374 g/mol. The van der Waals surface area contributed by atoms with E-state index in [-0.39, 0.29) is 18.3 Å². The maximum absolute atomic E-state index is 11.8. The molecule has 3 N–H and O–H groups in total. The number of benzene rings is 1. The number of carbonyl (C=O) groups excluding carboxylic acids is 2. The SMILES string of the molecule is COc1cc(C=NNC(=O)CSc2ccccn2)ccc1OCC(N)=O. The number of rotatable bonds is 9. The van der Waals surface area contributed by atoms with Gasteiger partial charge in [0.25, 0.3) is 5.91 Å². The molecule has 9 heteroatoms. The highest BCUT2D eigenvalue weighted by Crippen LogP contribution is 2.27. The lowest BCUT2D eigenvalue weighted by Crippen LogP contribution is -2.20. The van der Waals surface area contributed by atoms with Crippen molar-refractivity contribution in [1.29, 1.82) is 0 Å². The van der Waals surface area contributed by atoms with Crippen molar-refractivity contribution in [2.75, 3.05) is 19.5 Å². The number of hydrogen-bond donors (Lipinski definition) is 2. The molecule has 0 aliphatic rings. The second-order valence-electron chi connectivity index (χ2n) is 4.92. The van der Waals surface area contributed by atoms with E-state index >= 15 is 0 Å². The summed E-state index contributed by atoms with van der Waals surface area (Å²) >= 11 is 1.32. The van der Waals surface area contributed by atoms with Gasteiger partial charge in [0.15, 0.2) is 18.1 Å². The molecule has 0 aliphatic carbocycles. The first kappa shape index (κ1) is 19.3. The van der Waals surface area contributed by atoms with Crippen LogP contribution in [0.2, 0.25) is 0 Å². The summed E-state index contributed by atoms with van der Waals surface area (Å²) in [5.41, 5.74) is 8.17. The maximum Gasteiger partial charge on any atom is 0.255 e. The monoisotopic (exact) mass is 374 g/mol. The van der Waals surface area contributed by atoms with E-state index in [0.29, 0.717) is 17.1 Å². The van der Waals surface area contributed by atoms with Crippen molar-refractivity contribution in [3.63, 3.8) is 0 Å². The van der Waals surface area contributed by atoms with Gasteiger partial charge in [0, 0.05) is 6.20 Å². The van der Waals surface area contributed by atoms with Gasteiger partial charge in [0.1, 0.15) is 0 Å². The standard InChI is InChI=1S/C17H18N4O4S/c1-24-14-8-12(5-6-13(14)25-10-15(18)22)9-20-21-16(23)11-26-17-4-2-3-7-19-17/h2-9H,10-11H2,1H3,(H2,18,22)(H,21,23). The number of hydrogen-bond acceptors (Lipinski definition) is 7. The molecule has 0 atom stereocenters. The van der Waals surface area contributed by atoms with Crippen molar-refractivity contribution in [1.82, 2.24) is 10.4 Å². The van der Waals surface area contributed by atoms with Crippen molar-refractivity contribution >= 4 is 29.8 Å². The Morgan fingerprint density at radius 2 is 2.15 bits per heavy atom. The van der Waals surface area contributed by atoms with Crippen molar-refractivity contribution in [2.45, 2.75) is 5.03 Å². The molecule has 1 heterocycles. The van der Waals surface area contributed by atoms with E-state index in [9.17, 15) is 9.59 Å². The third-order valence-electron chi connectivity index (χ3n) is 2.95. The number of hydrazone groups is 1. The summed E-state index contributed by atoms with van der Waals surface area (Å²) in [6.07, 6.45) is 3.15. The molecule has 0 unspecified atom stereocenters. The molecule has 2 aromatic rings.